The van der Waals surface area contributed by atoms with Crippen LogP contribution >= 0.6 is 0 Å². The first-order chi connectivity index (χ1) is 15.7. The molecule has 2 aliphatic rings. The van der Waals surface area contributed by atoms with Gasteiger partial charge in [0.15, 0.2) is 17.8 Å². The molecule has 0 amide bonds. The van der Waals surface area contributed by atoms with Crippen LogP contribution in [-0.2, 0) is 14.2 Å². The van der Waals surface area contributed by atoms with E-state index in [9.17, 15) is 30.6 Å². The normalized spacial score (nSPS) is 36.8. The van der Waals surface area contributed by atoms with Crippen LogP contribution in [0.15, 0.2) is 12.1 Å². The summed E-state index contributed by atoms with van der Waals surface area (Å²) in [5, 5.41) is 60.2. The highest BCUT2D eigenvalue weighted by Gasteiger charge is 2.46. The Balaban J connectivity index is 1.71. The first-order valence-corrected chi connectivity index (χ1v) is 10.2. The predicted molar refractivity (Wildman–Crippen MR) is 107 cm³/mol. The molecule has 9 atom stereocenters. The zero-order chi connectivity index (χ0) is 24.3. The molecule has 0 radical (unpaired) electrons. The molecule has 2 aliphatic heterocycles. The Morgan fingerprint density at radius 3 is 1.97 bits per heavy atom. The van der Waals surface area contributed by atoms with Gasteiger partial charge in [-0.2, -0.15) is 0 Å². The minimum absolute atomic E-state index is 0.153. The van der Waals surface area contributed by atoms with Gasteiger partial charge in [0.1, 0.15) is 48.5 Å². The summed E-state index contributed by atoms with van der Waals surface area (Å²) in [6.45, 7) is -0.671. The van der Waals surface area contributed by atoms with E-state index in [-0.39, 0.29) is 23.9 Å². The van der Waals surface area contributed by atoms with Crippen molar-refractivity contribution in [2.75, 3.05) is 34.5 Å². The van der Waals surface area contributed by atoms with Gasteiger partial charge in [0.2, 0.25) is 12.0 Å². The third kappa shape index (κ3) is 5.42. The lowest BCUT2D eigenvalue weighted by Gasteiger charge is -2.41. The number of aliphatic hydroxyl groups is 6. The van der Waals surface area contributed by atoms with Crippen LogP contribution in [-0.4, -0.2) is 120 Å². The second kappa shape index (κ2) is 11.0. The topological polar surface area (TPSA) is 186 Å². The lowest BCUT2D eigenvalue weighted by atomic mass is 9.99. The average molecular weight is 478 g/mol. The Kier molecular flexibility index (Phi) is 8.55. The maximum atomic E-state index is 10.4. The largest absolute Gasteiger partial charge is 0.493 e. The summed E-state index contributed by atoms with van der Waals surface area (Å²) in [5.41, 5.74) is 0. The lowest BCUT2D eigenvalue weighted by molar-refractivity contribution is -0.307. The van der Waals surface area contributed by atoms with E-state index in [2.05, 4.69) is 0 Å². The number of hydrogen-bond donors (Lipinski definition) is 6. The van der Waals surface area contributed by atoms with E-state index in [0.29, 0.717) is 5.75 Å². The molecule has 0 spiro atoms. The molecule has 6 N–H and O–H groups in total. The van der Waals surface area contributed by atoms with Gasteiger partial charge < -0.3 is 63.8 Å². The van der Waals surface area contributed by atoms with Crippen molar-refractivity contribution in [3.63, 3.8) is 0 Å². The van der Waals surface area contributed by atoms with Gasteiger partial charge in [0, 0.05) is 12.1 Å². The van der Waals surface area contributed by atoms with E-state index in [1.54, 1.807) is 0 Å². The third-order valence-electron chi connectivity index (χ3n) is 5.44. The van der Waals surface area contributed by atoms with Crippen molar-refractivity contribution >= 4 is 0 Å². The molecule has 0 unspecified atom stereocenters. The zero-order valence-corrected chi connectivity index (χ0v) is 18.3. The van der Waals surface area contributed by atoms with E-state index in [0.717, 1.165) is 0 Å². The fourth-order valence-electron chi connectivity index (χ4n) is 3.53. The molecular weight excluding hydrogens is 448 g/mol. The summed E-state index contributed by atoms with van der Waals surface area (Å²) in [6, 6.07) is 2.92. The summed E-state index contributed by atoms with van der Waals surface area (Å²) in [5.74, 6) is 1.03. The highest BCUT2D eigenvalue weighted by Crippen LogP contribution is 2.41. The maximum absolute atomic E-state index is 10.4. The second-order valence-electron chi connectivity index (χ2n) is 7.58. The molecule has 188 valence electrons. The van der Waals surface area contributed by atoms with Crippen LogP contribution in [0.3, 0.4) is 0 Å². The standard InChI is InChI=1S/C20H30O13/c1-27-10-4-8(5-11(28-2)18(10)29-3)32-20-17(26)15(24)14(23)12(33-20)7-31-19-16(25)13(22)9(21)6-30-19/h4-5,9,12-17,19-26H,6-7H2,1-3H3/t9-,12-,13+,14-,15+,16-,17-,19+,20-/m1/s1. The SMILES string of the molecule is COc1cc(O[C@@H]2O[C@H](CO[C@@H]3OC[C@@H](O)[C@H](O)[C@H]3O)[C@@H](O)[C@H](O)[C@H]2O)cc(OC)c1OC. The van der Waals surface area contributed by atoms with Crippen LogP contribution in [0.25, 0.3) is 0 Å². The van der Waals surface area contributed by atoms with Crippen LogP contribution in [0.5, 0.6) is 23.0 Å². The van der Waals surface area contributed by atoms with Crippen molar-refractivity contribution in [2.45, 2.75) is 55.3 Å². The Morgan fingerprint density at radius 1 is 0.788 bits per heavy atom. The summed E-state index contributed by atoms with van der Waals surface area (Å²) >= 11 is 0. The van der Waals surface area contributed by atoms with Gasteiger partial charge in [-0.25, -0.2) is 0 Å². The molecule has 2 heterocycles. The van der Waals surface area contributed by atoms with Gasteiger partial charge in [0.25, 0.3) is 0 Å². The van der Waals surface area contributed by atoms with E-state index in [1.165, 1.54) is 33.5 Å². The molecule has 0 bridgehead atoms. The first-order valence-electron chi connectivity index (χ1n) is 10.2. The predicted octanol–water partition coefficient (Wildman–Crippen LogP) is -2.65. The number of aliphatic hydroxyl groups excluding tert-OH is 6. The molecule has 0 saturated carbocycles. The molecule has 33 heavy (non-hydrogen) atoms. The zero-order valence-electron chi connectivity index (χ0n) is 18.3. The molecule has 0 aromatic heterocycles. The maximum Gasteiger partial charge on any atom is 0.229 e. The third-order valence-corrected chi connectivity index (χ3v) is 5.44. The van der Waals surface area contributed by atoms with Crippen LogP contribution in [0, 0.1) is 0 Å². The van der Waals surface area contributed by atoms with Crippen molar-refractivity contribution in [2.24, 2.45) is 0 Å². The first kappa shape index (κ1) is 25.7. The molecular formula is C20H30O13. The Morgan fingerprint density at radius 2 is 1.39 bits per heavy atom. The van der Waals surface area contributed by atoms with E-state index in [1.807, 2.05) is 0 Å². The van der Waals surface area contributed by atoms with Crippen molar-refractivity contribution in [1.29, 1.82) is 0 Å². The quantitative estimate of drug-likeness (QED) is 0.228. The van der Waals surface area contributed by atoms with Crippen molar-refractivity contribution in [3.8, 4) is 23.0 Å². The fourth-order valence-corrected chi connectivity index (χ4v) is 3.53. The van der Waals surface area contributed by atoms with E-state index >= 15 is 0 Å². The summed E-state index contributed by atoms with van der Waals surface area (Å²) in [7, 11) is 4.26. The van der Waals surface area contributed by atoms with Crippen LogP contribution < -0.4 is 18.9 Å². The number of hydrogen-bond acceptors (Lipinski definition) is 13. The molecule has 13 heteroatoms. The summed E-state index contributed by atoms with van der Waals surface area (Å²) < 4.78 is 37.5. The smallest absolute Gasteiger partial charge is 0.229 e. The van der Waals surface area contributed by atoms with Crippen molar-refractivity contribution in [1.82, 2.24) is 0 Å². The monoisotopic (exact) mass is 478 g/mol. The Bertz CT molecular complexity index is 751. The van der Waals surface area contributed by atoms with Crippen LogP contribution in [0.1, 0.15) is 0 Å². The molecule has 13 nitrogen and oxygen atoms in total. The average Bonchev–Trinajstić information content (AvgIpc) is 2.82. The highest BCUT2D eigenvalue weighted by atomic mass is 16.7. The molecule has 1 aromatic carbocycles. The fraction of sp³-hybridized carbons (Fsp3) is 0.700. The minimum atomic E-state index is -1.65. The number of rotatable bonds is 8. The number of methoxy groups -OCH3 is 3. The van der Waals surface area contributed by atoms with Gasteiger partial charge in [-0.1, -0.05) is 0 Å². The Hall–Kier alpha value is -1.94. The number of ether oxygens (including phenoxy) is 7. The van der Waals surface area contributed by atoms with Gasteiger partial charge >= 0.3 is 0 Å². The summed E-state index contributed by atoms with van der Waals surface area (Å²) in [4.78, 5) is 0. The molecule has 3 rings (SSSR count). The van der Waals surface area contributed by atoms with Gasteiger partial charge in [-0.15, -0.1) is 0 Å². The minimum Gasteiger partial charge on any atom is -0.493 e. The van der Waals surface area contributed by atoms with Crippen LogP contribution in [0.4, 0.5) is 0 Å². The van der Waals surface area contributed by atoms with E-state index < -0.39 is 61.9 Å². The highest BCUT2D eigenvalue weighted by molar-refractivity contribution is 5.55. The molecule has 1 aromatic rings. The second-order valence-corrected chi connectivity index (χ2v) is 7.58. The van der Waals surface area contributed by atoms with Gasteiger partial charge in [-0.05, 0) is 0 Å². The van der Waals surface area contributed by atoms with Gasteiger partial charge in [0.05, 0.1) is 34.5 Å². The molecule has 0 aliphatic carbocycles. The van der Waals surface area contributed by atoms with Crippen LogP contribution in [0.2, 0.25) is 0 Å². The lowest BCUT2D eigenvalue weighted by Crippen LogP contribution is -2.61. The van der Waals surface area contributed by atoms with Crippen molar-refractivity contribution in [3.05, 3.63) is 12.1 Å². The summed E-state index contributed by atoms with van der Waals surface area (Å²) in [6.07, 6.45) is -13.1. The van der Waals surface area contributed by atoms with Crippen molar-refractivity contribution < 1.29 is 63.8 Å². The van der Waals surface area contributed by atoms with E-state index in [4.69, 9.17) is 33.2 Å². The molecule has 2 saturated heterocycles. The number of benzene rings is 1. The van der Waals surface area contributed by atoms with Gasteiger partial charge in [-0.3, -0.25) is 0 Å². The molecule has 2 fully saturated rings. The Labute approximate surface area is 189 Å².